The second-order valence-electron chi connectivity index (χ2n) is 3.28. The van der Waals surface area contributed by atoms with E-state index in [1.807, 2.05) is 6.92 Å². The van der Waals surface area contributed by atoms with E-state index in [0.717, 1.165) is 12.8 Å². The molecule has 0 aliphatic heterocycles. The molecule has 0 aromatic carbocycles. The maximum Gasteiger partial charge on any atom is 0.332 e. The Balaban J connectivity index is 2.30. The average Bonchev–Trinajstić information content (AvgIpc) is 2.51. The fourth-order valence-corrected chi connectivity index (χ4v) is 1.59. The fourth-order valence-electron chi connectivity index (χ4n) is 1.59. The van der Waals surface area contributed by atoms with E-state index < -0.39 is 12.1 Å². The number of carboxylic acid groups (broad SMARTS) is 1. The van der Waals surface area contributed by atoms with Crippen molar-refractivity contribution >= 4 is 5.97 Å². The molecule has 1 aliphatic rings. The molecule has 1 saturated carbocycles. The van der Waals surface area contributed by atoms with E-state index >= 15 is 0 Å². The molecule has 12 heavy (non-hydrogen) atoms. The Labute approximate surface area is 72.7 Å². The largest absolute Gasteiger partial charge is 0.479 e. The molecule has 0 unspecified atom stereocenters. The molecule has 0 aromatic heterocycles. The Morgan fingerprint density at radius 1 is 1.58 bits per heavy atom. The van der Waals surface area contributed by atoms with Gasteiger partial charge in [-0.1, -0.05) is 19.8 Å². The monoisotopic (exact) mass is 172 g/mol. The molecule has 0 amide bonds. The first-order chi connectivity index (χ1) is 5.74. The molecule has 0 bridgehead atoms. The SMILES string of the molecule is CC[C@H](OC1CCCC1)C(=O)O. The standard InChI is InChI=1S/C9H16O3/c1-2-8(9(10)11)12-7-5-3-4-6-7/h7-8H,2-6H2,1H3,(H,10,11)/t8-/m0/s1. The topological polar surface area (TPSA) is 46.5 Å². The minimum absolute atomic E-state index is 0.200. The lowest BCUT2D eigenvalue weighted by Gasteiger charge is -2.16. The predicted octanol–water partition coefficient (Wildman–Crippen LogP) is 1.81. The van der Waals surface area contributed by atoms with Gasteiger partial charge >= 0.3 is 5.97 Å². The van der Waals surface area contributed by atoms with Gasteiger partial charge in [-0.15, -0.1) is 0 Å². The minimum Gasteiger partial charge on any atom is -0.479 e. The second kappa shape index (κ2) is 4.45. The quantitative estimate of drug-likeness (QED) is 0.703. The van der Waals surface area contributed by atoms with E-state index in [-0.39, 0.29) is 6.10 Å². The van der Waals surface area contributed by atoms with E-state index in [2.05, 4.69) is 0 Å². The molecule has 0 heterocycles. The van der Waals surface area contributed by atoms with Gasteiger partial charge in [0.05, 0.1) is 6.10 Å². The highest BCUT2D eigenvalue weighted by molar-refractivity contribution is 5.72. The highest BCUT2D eigenvalue weighted by atomic mass is 16.5. The average molecular weight is 172 g/mol. The number of hydrogen-bond donors (Lipinski definition) is 1. The molecule has 1 N–H and O–H groups in total. The smallest absolute Gasteiger partial charge is 0.332 e. The van der Waals surface area contributed by atoms with Crippen LogP contribution in [0.3, 0.4) is 0 Å². The van der Waals surface area contributed by atoms with Crippen molar-refractivity contribution < 1.29 is 14.6 Å². The third kappa shape index (κ3) is 2.48. The molecular weight excluding hydrogens is 156 g/mol. The van der Waals surface area contributed by atoms with Crippen molar-refractivity contribution in [3.8, 4) is 0 Å². The fraction of sp³-hybridized carbons (Fsp3) is 0.889. The maximum absolute atomic E-state index is 10.6. The summed E-state index contributed by atoms with van der Waals surface area (Å²) in [5.74, 6) is -0.829. The van der Waals surface area contributed by atoms with Crippen LogP contribution in [0.25, 0.3) is 0 Å². The van der Waals surface area contributed by atoms with Crippen molar-refractivity contribution in [2.45, 2.75) is 51.2 Å². The number of hydrogen-bond acceptors (Lipinski definition) is 2. The van der Waals surface area contributed by atoms with Crippen LogP contribution in [0.5, 0.6) is 0 Å². The zero-order valence-electron chi connectivity index (χ0n) is 7.45. The summed E-state index contributed by atoms with van der Waals surface area (Å²) < 4.78 is 5.42. The Bertz CT molecular complexity index is 150. The first-order valence-electron chi connectivity index (χ1n) is 4.62. The van der Waals surface area contributed by atoms with Crippen LogP contribution in [0.15, 0.2) is 0 Å². The van der Waals surface area contributed by atoms with E-state index in [0.29, 0.717) is 6.42 Å². The van der Waals surface area contributed by atoms with E-state index in [1.54, 1.807) is 0 Å². The van der Waals surface area contributed by atoms with Crippen LogP contribution < -0.4 is 0 Å². The third-order valence-electron chi connectivity index (χ3n) is 2.31. The number of rotatable bonds is 4. The van der Waals surface area contributed by atoms with Crippen molar-refractivity contribution in [2.24, 2.45) is 0 Å². The number of carbonyl (C=O) groups is 1. The van der Waals surface area contributed by atoms with Gasteiger partial charge in [0.2, 0.25) is 0 Å². The van der Waals surface area contributed by atoms with Crippen LogP contribution in [0.1, 0.15) is 39.0 Å². The lowest BCUT2D eigenvalue weighted by Crippen LogP contribution is -2.27. The van der Waals surface area contributed by atoms with E-state index in [4.69, 9.17) is 9.84 Å². The van der Waals surface area contributed by atoms with Gasteiger partial charge in [0.1, 0.15) is 0 Å². The minimum atomic E-state index is -0.829. The van der Waals surface area contributed by atoms with E-state index in [1.165, 1.54) is 12.8 Å². The molecular formula is C9H16O3. The molecule has 1 atom stereocenters. The number of aliphatic carboxylic acids is 1. The predicted molar refractivity (Wildman–Crippen MR) is 45.1 cm³/mol. The first kappa shape index (κ1) is 9.52. The zero-order valence-corrected chi connectivity index (χ0v) is 7.45. The van der Waals surface area contributed by atoms with Crippen LogP contribution in [-0.2, 0) is 9.53 Å². The van der Waals surface area contributed by atoms with Gasteiger partial charge < -0.3 is 9.84 Å². The molecule has 70 valence electrons. The molecule has 3 heteroatoms. The number of ether oxygens (including phenoxy) is 1. The van der Waals surface area contributed by atoms with Crippen LogP contribution >= 0.6 is 0 Å². The van der Waals surface area contributed by atoms with Gasteiger partial charge in [0, 0.05) is 0 Å². The van der Waals surface area contributed by atoms with Gasteiger partial charge in [0.15, 0.2) is 6.10 Å². The molecule has 1 aliphatic carbocycles. The summed E-state index contributed by atoms with van der Waals surface area (Å²) in [6, 6.07) is 0. The Morgan fingerprint density at radius 3 is 2.58 bits per heavy atom. The molecule has 1 fully saturated rings. The summed E-state index contributed by atoms with van der Waals surface area (Å²) in [4.78, 5) is 10.6. The van der Waals surface area contributed by atoms with Crippen LogP contribution in [0.4, 0.5) is 0 Å². The first-order valence-corrected chi connectivity index (χ1v) is 4.62. The molecule has 0 aromatic rings. The molecule has 0 saturated heterocycles. The van der Waals surface area contributed by atoms with Gasteiger partial charge in [-0.2, -0.15) is 0 Å². The van der Waals surface area contributed by atoms with Gasteiger partial charge in [0.25, 0.3) is 0 Å². The number of carboxylic acids is 1. The Morgan fingerprint density at radius 2 is 2.17 bits per heavy atom. The molecule has 0 spiro atoms. The zero-order chi connectivity index (χ0) is 8.97. The summed E-state index contributed by atoms with van der Waals surface area (Å²) in [7, 11) is 0. The molecule has 1 rings (SSSR count). The lowest BCUT2D eigenvalue weighted by atomic mass is 10.2. The van der Waals surface area contributed by atoms with Gasteiger partial charge in [-0.25, -0.2) is 4.79 Å². The van der Waals surface area contributed by atoms with Crippen molar-refractivity contribution in [2.75, 3.05) is 0 Å². The lowest BCUT2D eigenvalue weighted by molar-refractivity contribution is -0.154. The normalized spacial score (nSPS) is 21.1. The van der Waals surface area contributed by atoms with Crippen LogP contribution in [0, 0.1) is 0 Å². The van der Waals surface area contributed by atoms with Gasteiger partial charge in [-0.05, 0) is 19.3 Å². The van der Waals surface area contributed by atoms with Crippen molar-refractivity contribution in [3.63, 3.8) is 0 Å². The van der Waals surface area contributed by atoms with Crippen molar-refractivity contribution in [1.29, 1.82) is 0 Å². The summed E-state index contributed by atoms with van der Waals surface area (Å²) >= 11 is 0. The highest BCUT2D eigenvalue weighted by Gasteiger charge is 2.23. The van der Waals surface area contributed by atoms with Crippen molar-refractivity contribution in [1.82, 2.24) is 0 Å². The summed E-state index contributed by atoms with van der Waals surface area (Å²) in [6.07, 6.45) is 4.60. The Kier molecular flexibility index (Phi) is 3.53. The summed E-state index contributed by atoms with van der Waals surface area (Å²) in [5.41, 5.74) is 0. The third-order valence-corrected chi connectivity index (χ3v) is 2.31. The van der Waals surface area contributed by atoms with Crippen LogP contribution in [-0.4, -0.2) is 23.3 Å². The highest BCUT2D eigenvalue weighted by Crippen LogP contribution is 2.22. The van der Waals surface area contributed by atoms with Gasteiger partial charge in [-0.3, -0.25) is 0 Å². The van der Waals surface area contributed by atoms with Crippen molar-refractivity contribution in [3.05, 3.63) is 0 Å². The summed E-state index contributed by atoms with van der Waals surface area (Å²) in [5, 5.41) is 8.71. The molecule has 0 radical (unpaired) electrons. The maximum atomic E-state index is 10.6. The summed E-state index contributed by atoms with van der Waals surface area (Å²) in [6.45, 7) is 1.84. The second-order valence-corrected chi connectivity index (χ2v) is 3.28. The Hall–Kier alpha value is -0.570. The van der Waals surface area contributed by atoms with E-state index in [9.17, 15) is 4.79 Å². The molecule has 3 nitrogen and oxygen atoms in total. The van der Waals surface area contributed by atoms with Crippen LogP contribution in [0.2, 0.25) is 0 Å².